The smallest absolute Gasteiger partial charge is 0.239 e. The zero-order valence-electron chi connectivity index (χ0n) is 14.1. The summed E-state index contributed by atoms with van der Waals surface area (Å²) in [6, 6.07) is 7.60. The summed E-state index contributed by atoms with van der Waals surface area (Å²) < 4.78 is 0. The standard InChI is InChI=1S/C17H21ClN6O/c1-23(12-17(25)21-15-7-6-13(18)10-19-15)11-14-4-3-9-24(14)16-5-2-8-20-22-16/h2,5-8,10,14H,3-4,9,11-12H2,1H3,(H,19,21,25). The van der Waals surface area contributed by atoms with Crippen molar-refractivity contribution in [1.29, 1.82) is 0 Å². The predicted octanol–water partition coefficient (Wildman–Crippen LogP) is 2.06. The largest absolute Gasteiger partial charge is 0.351 e. The second-order valence-corrected chi connectivity index (χ2v) is 6.61. The Labute approximate surface area is 152 Å². The lowest BCUT2D eigenvalue weighted by atomic mass is 10.2. The molecule has 7 nitrogen and oxygen atoms in total. The van der Waals surface area contributed by atoms with Crippen LogP contribution in [0.4, 0.5) is 11.6 Å². The second-order valence-electron chi connectivity index (χ2n) is 6.18. The van der Waals surface area contributed by atoms with Crippen LogP contribution in [0.25, 0.3) is 0 Å². The molecule has 0 radical (unpaired) electrons. The van der Waals surface area contributed by atoms with Crippen molar-refractivity contribution in [3.05, 3.63) is 41.7 Å². The molecule has 1 unspecified atom stereocenters. The third-order valence-corrected chi connectivity index (χ3v) is 4.38. The van der Waals surface area contributed by atoms with Crippen LogP contribution in [-0.2, 0) is 4.79 Å². The molecule has 0 aliphatic carbocycles. The Morgan fingerprint density at radius 1 is 1.44 bits per heavy atom. The summed E-state index contributed by atoms with van der Waals surface area (Å²) >= 11 is 5.79. The van der Waals surface area contributed by atoms with Crippen molar-refractivity contribution < 1.29 is 4.79 Å². The van der Waals surface area contributed by atoms with Gasteiger partial charge in [-0.3, -0.25) is 9.69 Å². The summed E-state index contributed by atoms with van der Waals surface area (Å²) in [5.74, 6) is 1.31. The molecule has 1 aliphatic rings. The number of hydrogen-bond donors (Lipinski definition) is 1. The first kappa shape index (κ1) is 17.6. The number of nitrogens with zero attached hydrogens (tertiary/aromatic N) is 5. The number of anilines is 2. The highest BCUT2D eigenvalue weighted by molar-refractivity contribution is 6.30. The molecule has 0 saturated carbocycles. The third-order valence-electron chi connectivity index (χ3n) is 4.16. The highest BCUT2D eigenvalue weighted by Crippen LogP contribution is 2.23. The van der Waals surface area contributed by atoms with Crippen molar-refractivity contribution in [2.45, 2.75) is 18.9 Å². The van der Waals surface area contributed by atoms with Crippen LogP contribution in [0.5, 0.6) is 0 Å². The lowest BCUT2D eigenvalue weighted by Gasteiger charge is -2.28. The summed E-state index contributed by atoms with van der Waals surface area (Å²) in [4.78, 5) is 20.5. The van der Waals surface area contributed by atoms with E-state index < -0.39 is 0 Å². The van der Waals surface area contributed by atoms with E-state index in [1.165, 1.54) is 6.20 Å². The Morgan fingerprint density at radius 3 is 3.04 bits per heavy atom. The minimum absolute atomic E-state index is 0.0960. The molecule has 1 atom stereocenters. The number of pyridine rings is 1. The Balaban J connectivity index is 1.52. The van der Waals surface area contributed by atoms with Crippen molar-refractivity contribution in [3.63, 3.8) is 0 Å². The maximum Gasteiger partial charge on any atom is 0.239 e. The summed E-state index contributed by atoms with van der Waals surface area (Å²) in [5, 5.41) is 11.5. The molecule has 1 fully saturated rings. The lowest BCUT2D eigenvalue weighted by Crippen LogP contribution is -2.42. The molecule has 0 aromatic carbocycles. The van der Waals surface area contributed by atoms with E-state index in [1.807, 2.05) is 24.1 Å². The average molecular weight is 361 g/mol. The third kappa shape index (κ3) is 4.87. The molecule has 0 spiro atoms. The molecule has 3 rings (SSSR count). The first-order valence-electron chi connectivity index (χ1n) is 8.26. The Morgan fingerprint density at radius 2 is 2.32 bits per heavy atom. The fourth-order valence-corrected chi connectivity index (χ4v) is 3.19. The van der Waals surface area contributed by atoms with E-state index in [9.17, 15) is 4.79 Å². The summed E-state index contributed by atoms with van der Waals surface area (Å²) in [6.07, 6.45) is 5.39. The first-order chi connectivity index (χ1) is 12.1. The van der Waals surface area contributed by atoms with E-state index in [-0.39, 0.29) is 5.91 Å². The number of nitrogens with one attached hydrogen (secondary N) is 1. The van der Waals surface area contributed by atoms with Crippen LogP contribution in [0.1, 0.15) is 12.8 Å². The van der Waals surface area contributed by atoms with Crippen LogP contribution >= 0.6 is 11.6 Å². The van der Waals surface area contributed by atoms with Gasteiger partial charge in [0.15, 0.2) is 5.82 Å². The maximum atomic E-state index is 12.2. The van der Waals surface area contributed by atoms with Gasteiger partial charge in [-0.25, -0.2) is 4.98 Å². The molecule has 1 N–H and O–H groups in total. The van der Waals surface area contributed by atoms with Gasteiger partial charge >= 0.3 is 0 Å². The summed E-state index contributed by atoms with van der Waals surface area (Å²) in [7, 11) is 1.95. The van der Waals surface area contributed by atoms with E-state index in [4.69, 9.17) is 11.6 Å². The van der Waals surface area contributed by atoms with Gasteiger partial charge in [-0.2, -0.15) is 5.10 Å². The first-order valence-corrected chi connectivity index (χ1v) is 8.64. The van der Waals surface area contributed by atoms with Gasteiger partial charge < -0.3 is 10.2 Å². The fourth-order valence-electron chi connectivity index (χ4n) is 3.08. The number of carbonyl (C=O) groups is 1. The van der Waals surface area contributed by atoms with E-state index in [1.54, 1.807) is 18.3 Å². The molecule has 1 saturated heterocycles. The van der Waals surface area contributed by atoms with Crippen molar-refractivity contribution in [2.24, 2.45) is 0 Å². The second kappa shape index (κ2) is 8.22. The Bertz CT molecular complexity index is 696. The highest BCUT2D eigenvalue weighted by atomic mass is 35.5. The minimum Gasteiger partial charge on any atom is -0.351 e. The van der Waals surface area contributed by atoms with Crippen LogP contribution < -0.4 is 10.2 Å². The molecule has 25 heavy (non-hydrogen) atoms. The van der Waals surface area contributed by atoms with Gasteiger partial charge in [-0.1, -0.05) is 11.6 Å². The van der Waals surface area contributed by atoms with Gasteiger partial charge in [-0.15, -0.1) is 5.10 Å². The Kier molecular flexibility index (Phi) is 5.78. The number of hydrogen-bond acceptors (Lipinski definition) is 6. The monoisotopic (exact) mass is 360 g/mol. The lowest BCUT2D eigenvalue weighted by molar-refractivity contribution is -0.117. The number of aromatic nitrogens is 3. The molecular weight excluding hydrogens is 340 g/mol. The van der Waals surface area contributed by atoms with E-state index in [2.05, 4.69) is 25.4 Å². The fraction of sp³-hybridized carbons (Fsp3) is 0.412. The SMILES string of the molecule is CN(CC(=O)Nc1ccc(Cl)cn1)CC1CCCN1c1cccnn1. The zero-order chi connectivity index (χ0) is 17.6. The molecule has 0 bridgehead atoms. The van der Waals surface area contributed by atoms with Crippen LogP contribution in [0.3, 0.4) is 0 Å². The molecule has 2 aromatic heterocycles. The van der Waals surface area contributed by atoms with Crippen molar-refractivity contribution in [3.8, 4) is 0 Å². The van der Waals surface area contributed by atoms with Gasteiger partial charge in [0.05, 0.1) is 11.6 Å². The summed E-state index contributed by atoms with van der Waals surface area (Å²) in [5.41, 5.74) is 0. The van der Waals surface area contributed by atoms with E-state index >= 15 is 0 Å². The topological polar surface area (TPSA) is 74.2 Å². The predicted molar refractivity (Wildman–Crippen MR) is 97.8 cm³/mol. The number of halogens is 1. The van der Waals surface area contributed by atoms with Crippen LogP contribution in [0.2, 0.25) is 5.02 Å². The maximum absolute atomic E-state index is 12.2. The van der Waals surface area contributed by atoms with Gasteiger partial charge in [0, 0.05) is 31.5 Å². The Hall–Kier alpha value is -2.25. The van der Waals surface area contributed by atoms with E-state index in [0.717, 1.165) is 31.7 Å². The van der Waals surface area contributed by atoms with E-state index in [0.29, 0.717) is 23.4 Å². The van der Waals surface area contributed by atoms with Crippen molar-refractivity contribution in [1.82, 2.24) is 20.1 Å². The van der Waals surface area contributed by atoms with Crippen molar-refractivity contribution >= 4 is 29.1 Å². The van der Waals surface area contributed by atoms with Gasteiger partial charge in [0.25, 0.3) is 0 Å². The van der Waals surface area contributed by atoms with Gasteiger partial charge in [-0.05, 0) is 44.2 Å². The van der Waals surface area contributed by atoms with Crippen LogP contribution in [-0.4, -0.2) is 58.7 Å². The zero-order valence-corrected chi connectivity index (χ0v) is 14.9. The number of carbonyl (C=O) groups excluding carboxylic acids is 1. The van der Waals surface area contributed by atoms with Gasteiger partial charge in [0.1, 0.15) is 5.82 Å². The van der Waals surface area contributed by atoms with Crippen LogP contribution in [0.15, 0.2) is 36.7 Å². The molecule has 8 heteroatoms. The highest BCUT2D eigenvalue weighted by Gasteiger charge is 2.27. The minimum atomic E-state index is -0.0960. The number of amides is 1. The summed E-state index contributed by atoms with van der Waals surface area (Å²) in [6.45, 7) is 2.06. The van der Waals surface area contributed by atoms with Gasteiger partial charge in [0.2, 0.25) is 5.91 Å². The molecular formula is C17H21ClN6O. The average Bonchev–Trinajstić information content (AvgIpc) is 3.05. The molecule has 2 aromatic rings. The van der Waals surface area contributed by atoms with Crippen molar-refractivity contribution in [2.75, 3.05) is 36.9 Å². The van der Waals surface area contributed by atoms with Crippen LogP contribution in [0, 0.1) is 0 Å². The quantitative estimate of drug-likeness (QED) is 0.850. The molecule has 132 valence electrons. The molecule has 3 heterocycles. The normalized spacial score (nSPS) is 17.1. The number of rotatable bonds is 6. The number of likely N-dealkylation sites (N-methyl/N-ethyl adjacent to an activating group) is 1. The molecule has 1 amide bonds. The molecule has 1 aliphatic heterocycles.